The van der Waals surface area contributed by atoms with E-state index in [9.17, 15) is 14.7 Å². The van der Waals surface area contributed by atoms with E-state index in [2.05, 4.69) is 52.7 Å². The van der Waals surface area contributed by atoms with Crippen LogP contribution in [0.5, 0.6) is 0 Å². The monoisotopic (exact) mass is 550 g/mol. The number of aromatic amines is 1. The molecule has 0 saturated heterocycles. The quantitative estimate of drug-likeness (QED) is 0.0893. The Hall–Kier alpha value is -4.82. The Labute approximate surface area is 239 Å². The maximum atomic E-state index is 11.6. The molecular weight excluding hydrogens is 516 g/mol. The van der Waals surface area contributed by atoms with E-state index in [-0.39, 0.29) is 12.1 Å². The average Bonchev–Trinajstić information content (AvgIpc) is 3.46. The van der Waals surface area contributed by atoms with Gasteiger partial charge < -0.3 is 25.1 Å². The van der Waals surface area contributed by atoms with E-state index in [1.54, 1.807) is 18.2 Å². The van der Waals surface area contributed by atoms with E-state index in [0.717, 1.165) is 64.5 Å². The molecule has 0 saturated carbocycles. The van der Waals surface area contributed by atoms with E-state index in [1.807, 2.05) is 36.4 Å². The van der Waals surface area contributed by atoms with Gasteiger partial charge in [0.2, 0.25) is 0 Å². The largest absolute Gasteiger partial charge is 0.467 e. The lowest BCUT2D eigenvalue weighted by Gasteiger charge is -2.20. The molecular formula is C33H34N4O4. The van der Waals surface area contributed by atoms with Crippen molar-refractivity contribution >= 4 is 29.7 Å². The zero-order chi connectivity index (χ0) is 29.4. The first-order valence-electron chi connectivity index (χ1n) is 13.5. The van der Waals surface area contributed by atoms with Crippen molar-refractivity contribution in [1.29, 1.82) is 5.41 Å². The van der Waals surface area contributed by atoms with Gasteiger partial charge in [-0.05, 0) is 55.3 Å². The molecule has 0 fully saturated rings. The number of esters is 1. The normalized spacial score (nSPS) is 11.8. The summed E-state index contributed by atoms with van der Waals surface area (Å²) in [7, 11) is 1.20. The smallest absolute Gasteiger partial charge is 0.335 e. The van der Waals surface area contributed by atoms with Crippen LogP contribution in [0.25, 0.3) is 40.0 Å². The third kappa shape index (κ3) is 6.85. The van der Waals surface area contributed by atoms with Crippen LogP contribution in [0.2, 0.25) is 0 Å². The Balaban J connectivity index is 1.70. The number of aromatic nitrogens is 2. The molecule has 1 aromatic heterocycles. The first-order chi connectivity index (χ1) is 19.9. The highest BCUT2D eigenvalue weighted by Crippen LogP contribution is 2.34. The number of aliphatic hydroxyl groups is 1. The number of ether oxygens (including phenoxy) is 1. The van der Waals surface area contributed by atoms with Crippen LogP contribution in [-0.2, 0) is 14.3 Å². The fraction of sp³-hybridized carbons (Fsp3) is 0.212. The second-order valence-electron chi connectivity index (χ2n) is 9.44. The maximum Gasteiger partial charge on any atom is 0.335 e. The van der Waals surface area contributed by atoms with E-state index >= 15 is 0 Å². The molecule has 0 radical (unpaired) electrons. The molecule has 1 heterocycles. The second kappa shape index (κ2) is 13.5. The van der Waals surface area contributed by atoms with Crippen molar-refractivity contribution in [2.45, 2.75) is 26.4 Å². The molecule has 8 heteroatoms. The summed E-state index contributed by atoms with van der Waals surface area (Å²) in [6.45, 7) is 6.13. The SMILES string of the molecule is CCN(CC)c1ccc(-c2nc(-c3ccc(C(=N)CC(O)C(=O)OC)cc3)c(-c3ccc(/C=C/C=O)cc3)[nH]2)cc1. The van der Waals surface area contributed by atoms with Crippen LogP contribution in [0.1, 0.15) is 31.4 Å². The molecule has 0 aliphatic rings. The summed E-state index contributed by atoms with van der Waals surface area (Å²) < 4.78 is 4.56. The predicted octanol–water partition coefficient (Wildman–Crippen LogP) is 5.76. The number of aldehydes is 1. The molecule has 210 valence electrons. The van der Waals surface area contributed by atoms with Crippen LogP contribution < -0.4 is 4.90 Å². The van der Waals surface area contributed by atoms with Gasteiger partial charge in [-0.15, -0.1) is 0 Å². The van der Waals surface area contributed by atoms with Crippen molar-refractivity contribution in [1.82, 2.24) is 9.97 Å². The van der Waals surface area contributed by atoms with Gasteiger partial charge in [-0.25, -0.2) is 9.78 Å². The lowest BCUT2D eigenvalue weighted by Crippen LogP contribution is -2.25. The van der Waals surface area contributed by atoms with Gasteiger partial charge in [0.15, 0.2) is 6.10 Å². The Bertz CT molecular complexity index is 1520. The fourth-order valence-corrected chi connectivity index (χ4v) is 4.62. The number of rotatable bonds is 12. The maximum absolute atomic E-state index is 11.6. The van der Waals surface area contributed by atoms with Gasteiger partial charge >= 0.3 is 5.97 Å². The van der Waals surface area contributed by atoms with Crippen LogP contribution >= 0.6 is 0 Å². The molecule has 1 atom stereocenters. The molecule has 3 N–H and O–H groups in total. The highest BCUT2D eigenvalue weighted by Gasteiger charge is 2.19. The first kappa shape index (κ1) is 29.2. The Kier molecular flexibility index (Phi) is 9.60. The second-order valence-corrected chi connectivity index (χ2v) is 9.44. The standard InChI is InChI=1S/C33H34N4O4/c1-4-37(5-2)27-18-16-26(17-19-27)32-35-30(24-10-8-22(9-11-24)7-6-20-38)31(36-32)25-14-12-23(13-15-25)28(34)21-29(39)33(40)41-3/h6-20,29,34,39H,4-5,21H2,1-3H3,(H,35,36)/b7-6+,34-28?. The van der Waals surface area contributed by atoms with Crippen molar-refractivity contribution in [2.75, 3.05) is 25.1 Å². The van der Waals surface area contributed by atoms with Gasteiger partial charge in [-0.1, -0.05) is 54.6 Å². The highest BCUT2D eigenvalue weighted by atomic mass is 16.5. The third-order valence-electron chi connectivity index (χ3n) is 6.92. The van der Waals surface area contributed by atoms with Crippen LogP contribution in [0.4, 0.5) is 5.69 Å². The lowest BCUT2D eigenvalue weighted by molar-refractivity contribution is -0.149. The minimum atomic E-state index is -1.38. The number of carbonyl (C=O) groups is 2. The molecule has 0 spiro atoms. The number of hydrogen-bond donors (Lipinski definition) is 3. The van der Waals surface area contributed by atoms with Crippen LogP contribution in [0.3, 0.4) is 0 Å². The molecule has 4 rings (SSSR count). The van der Waals surface area contributed by atoms with Crippen molar-refractivity contribution in [3.8, 4) is 33.9 Å². The number of anilines is 1. The molecule has 0 amide bonds. The summed E-state index contributed by atoms with van der Waals surface area (Å²) in [6.07, 6.45) is 2.43. The van der Waals surface area contributed by atoms with Crippen molar-refractivity contribution in [3.63, 3.8) is 0 Å². The third-order valence-corrected chi connectivity index (χ3v) is 6.92. The van der Waals surface area contributed by atoms with Crippen molar-refractivity contribution in [3.05, 3.63) is 90.0 Å². The van der Waals surface area contributed by atoms with E-state index < -0.39 is 12.1 Å². The van der Waals surface area contributed by atoms with Gasteiger partial charge in [-0.3, -0.25) is 4.79 Å². The molecule has 1 unspecified atom stereocenters. The minimum absolute atomic E-state index is 0.129. The number of nitrogens with one attached hydrogen (secondary N) is 2. The van der Waals surface area contributed by atoms with Gasteiger partial charge in [-0.2, -0.15) is 0 Å². The topological polar surface area (TPSA) is 119 Å². The van der Waals surface area contributed by atoms with Crippen molar-refractivity contribution in [2.24, 2.45) is 0 Å². The lowest BCUT2D eigenvalue weighted by atomic mass is 9.99. The van der Waals surface area contributed by atoms with E-state index in [0.29, 0.717) is 5.56 Å². The predicted molar refractivity (Wildman–Crippen MR) is 163 cm³/mol. The minimum Gasteiger partial charge on any atom is -0.467 e. The Morgan fingerprint density at radius 2 is 1.59 bits per heavy atom. The zero-order valence-electron chi connectivity index (χ0n) is 23.4. The van der Waals surface area contributed by atoms with Gasteiger partial charge in [0.05, 0.1) is 18.5 Å². The summed E-state index contributed by atoms with van der Waals surface area (Å²) in [5.41, 5.74) is 7.09. The number of imidazole rings is 1. The number of aliphatic hydroxyl groups excluding tert-OH is 1. The number of hydrogen-bond acceptors (Lipinski definition) is 7. The summed E-state index contributed by atoms with van der Waals surface area (Å²) >= 11 is 0. The highest BCUT2D eigenvalue weighted by molar-refractivity contribution is 6.01. The number of nitrogens with zero attached hydrogens (tertiary/aromatic N) is 2. The molecule has 0 bridgehead atoms. The molecule has 8 nitrogen and oxygen atoms in total. The molecule has 41 heavy (non-hydrogen) atoms. The number of allylic oxidation sites excluding steroid dienone is 1. The fourth-order valence-electron chi connectivity index (χ4n) is 4.62. The number of methoxy groups -OCH3 is 1. The first-order valence-corrected chi connectivity index (χ1v) is 13.5. The number of benzene rings is 3. The molecule has 3 aromatic carbocycles. The number of H-pyrrole nitrogens is 1. The van der Waals surface area contributed by atoms with Crippen LogP contribution in [0, 0.1) is 5.41 Å². The van der Waals surface area contributed by atoms with E-state index in [1.165, 1.54) is 13.2 Å². The van der Waals surface area contributed by atoms with Crippen LogP contribution in [-0.4, -0.2) is 59.3 Å². The molecule has 0 aliphatic carbocycles. The summed E-state index contributed by atoms with van der Waals surface area (Å²) in [5.74, 6) is -0.0399. The van der Waals surface area contributed by atoms with Gasteiger partial charge in [0, 0.05) is 47.6 Å². The molecule has 4 aromatic rings. The van der Waals surface area contributed by atoms with Crippen LogP contribution in [0.15, 0.2) is 78.9 Å². The zero-order valence-corrected chi connectivity index (χ0v) is 23.4. The Morgan fingerprint density at radius 1 is 0.976 bits per heavy atom. The number of carbonyl (C=O) groups excluding carboxylic acids is 2. The Morgan fingerprint density at radius 3 is 2.17 bits per heavy atom. The summed E-state index contributed by atoms with van der Waals surface area (Å²) in [4.78, 5) is 33.1. The van der Waals surface area contributed by atoms with Crippen molar-refractivity contribution < 1.29 is 19.4 Å². The van der Waals surface area contributed by atoms with Gasteiger partial charge in [0.1, 0.15) is 12.1 Å². The summed E-state index contributed by atoms with van der Waals surface area (Å²) in [6, 6.07) is 23.5. The molecule has 0 aliphatic heterocycles. The van der Waals surface area contributed by atoms with Gasteiger partial charge in [0.25, 0.3) is 0 Å². The average molecular weight is 551 g/mol. The summed E-state index contributed by atoms with van der Waals surface area (Å²) in [5, 5.41) is 18.3. The van der Waals surface area contributed by atoms with E-state index in [4.69, 9.17) is 10.4 Å².